The van der Waals surface area contributed by atoms with Crippen molar-refractivity contribution in [3.8, 4) is 5.88 Å². The van der Waals surface area contributed by atoms with Crippen molar-refractivity contribution in [2.45, 2.75) is 13.0 Å². The van der Waals surface area contributed by atoms with Gasteiger partial charge in [-0.05, 0) is 24.6 Å². The predicted molar refractivity (Wildman–Crippen MR) is 87.9 cm³/mol. The number of rotatable bonds is 3. The van der Waals surface area contributed by atoms with Crippen LogP contribution in [0.1, 0.15) is 22.3 Å². The number of hydrogen-bond donors (Lipinski definition) is 1. The summed E-state index contributed by atoms with van der Waals surface area (Å²) >= 11 is 1.29. The Morgan fingerprint density at radius 2 is 2.00 bits per heavy atom. The summed E-state index contributed by atoms with van der Waals surface area (Å²) in [6.07, 6.45) is 0. The number of aromatic hydroxyl groups is 1. The van der Waals surface area contributed by atoms with Gasteiger partial charge in [0, 0.05) is 13.1 Å². The lowest BCUT2D eigenvalue weighted by atomic mass is 10.0. The van der Waals surface area contributed by atoms with Crippen LogP contribution in [0.4, 0.5) is 8.78 Å². The van der Waals surface area contributed by atoms with Crippen LogP contribution in [0.2, 0.25) is 0 Å². The molecule has 4 rings (SSSR count). The Morgan fingerprint density at radius 1 is 1.24 bits per heavy atom. The molecular formula is C16H16F2N4O2S. The van der Waals surface area contributed by atoms with E-state index in [1.807, 2.05) is 0 Å². The van der Waals surface area contributed by atoms with Gasteiger partial charge < -0.3 is 9.84 Å². The van der Waals surface area contributed by atoms with Crippen LogP contribution in [-0.4, -0.2) is 50.9 Å². The van der Waals surface area contributed by atoms with Gasteiger partial charge in [0.05, 0.1) is 24.1 Å². The molecule has 2 aromatic heterocycles. The first-order valence-electron chi connectivity index (χ1n) is 7.86. The molecule has 1 saturated heterocycles. The first-order chi connectivity index (χ1) is 12.0. The quantitative estimate of drug-likeness (QED) is 0.772. The zero-order valence-electron chi connectivity index (χ0n) is 13.4. The molecule has 1 aliphatic heterocycles. The van der Waals surface area contributed by atoms with Gasteiger partial charge >= 0.3 is 0 Å². The molecule has 0 radical (unpaired) electrons. The molecule has 1 atom stereocenters. The van der Waals surface area contributed by atoms with E-state index in [2.05, 4.69) is 15.0 Å². The molecule has 132 valence electrons. The van der Waals surface area contributed by atoms with Gasteiger partial charge in [0.2, 0.25) is 10.8 Å². The molecule has 1 N–H and O–H groups in total. The highest BCUT2D eigenvalue weighted by atomic mass is 32.1. The van der Waals surface area contributed by atoms with E-state index in [0.29, 0.717) is 47.5 Å². The van der Waals surface area contributed by atoms with Gasteiger partial charge in [-0.2, -0.15) is 4.52 Å². The summed E-state index contributed by atoms with van der Waals surface area (Å²) in [5, 5.41) is 14.8. The number of benzene rings is 1. The number of aromatic nitrogens is 3. The Bertz CT molecular complexity index is 920. The number of halogens is 2. The molecule has 1 unspecified atom stereocenters. The predicted octanol–water partition coefficient (Wildman–Crippen LogP) is 2.50. The summed E-state index contributed by atoms with van der Waals surface area (Å²) in [6, 6.07) is 3.40. The van der Waals surface area contributed by atoms with Crippen molar-refractivity contribution >= 4 is 16.3 Å². The standard InChI is InChI=1S/C16H16F2N4O2S/c1-9-19-16-22(20-9)15(23)14(25-16)13(21-4-6-24-7-5-21)10-2-3-11(17)12(18)8-10/h2-3,8,13,23H,4-7H2,1H3. The summed E-state index contributed by atoms with van der Waals surface area (Å²) in [6.45, 7) is 4.07. The minimum atomic E-state index is -0.912. The van der Waals surface area contributed by atoms with Gasteiger partial charge in [0.15, 0.2) is 11.6 Å². The minimum Gasteiger partial charge on any atom is -0.492 e. The molecule has 1 fully saturated rings. The number of fused-ring (bicyclic) bond motifs is 1. The highest BCUT2D eigenvalue weighted by Crippen LogP contribution is 2.40. The molecule has 3 heterocycles. The molecule has 0 amide bonds. The second-order valence-corrected chi connectivity index (χ2v) is 6.88. The van der Waals surface area contributed by atoms with Crippen LogP contribution in [0.15, 0.2) is 18.2 Å². The van der Waals surface area contributed by atoms with Crippen molar-refractivity contribution < 1.29 is 18.6 Å². The van der Waals surface area contributed by atoms with E-state index in [9.17, 15) is 13.9 Å². The average molecular weight is 366 g/mol. The first-order valence-corrected chi connectivity index (χ1v) is 8.68. The van der Waals surface area contributed by atoms with Crippen molar-refractivity contribution in [3.05, 3.63) is 46.1 Å². The van der Waals surface area contributed by atoms with Gasteiger partial charge in [0.25, 0.3) is 0 Å². The van der Waals surface area contributed by atoms with E-state index in [0.717, 1.165) is 6.07 Å². The van der Waals surface area contributed by atoms with Crippen LogP contribution >= 0.6 is 11.3 Å². The lowest BCUT2D eigenvalue weighted by Crippen LogP contribution is -2.39. The zero-order valence-corrected chi connectivity index (χ0v) is 14.3. The molecule has 1 aromatic carbocycles. The van der Waals surface area contributed by atoms with E-state index in [4.69, 9.17) is 4.74 Å². The van der Waals surface area contributed by atoms with Crippen molar-refractivity contribution in [2.75, 3.05) is 26.3 Å². The van der Waals surface area contributed by atoms with Crippen LogP contribution in [0, 0.1) is 18.6 Å². The maximum absolute atomic E-state index is 13.8. The highest BCUT2D eigenvalue weighted by Gasteiger charge is 2.31. The van der Waals surface area contributed by atoms with Crippen LogP contribution in [0.3, 0.4) is 0 Å². The molecular weight excluding hydrogens is 350 g/mol. The largest absolute Gasteiger partial charge is 0.492 e. The van der Waals surface area contributed by atoms with Gasteiger partial charge in [-0.1, -0.05) is 17.4 Å². The fraction of sp³-hybridized carbons (Fsp3) is 0.375. The van der Waals surface area contributed by atoms with Crippen LogP contribution < -0.4 is 0 Å². The third-order valence-corrected chi connectivity index (χ3v) is 5.30. The van der Waals surface area contributed by atoms with E-state index >= 15 is 0 Å². The second-order valence-electron chi connectivity index (χ2n) is 5.87. The maximum atomic E-state index is 13.8. The minimum absolute atomic E-state index is 0.0261. The second kappa shape index (κ2) is 6.32. The van der Waals surface area contributed by atoms with Crippen LogP contribution in [0.25, 0.3) is 4.96 Å². The lowest BCUT2D eigenvalue weighted by molar-refractivity contribution is 0.0240. The van der Waals surface area contributed by atoms with Crippen LogP contribution in [-0.2, 0) is 4.74 Å². The Hall–Kier alpha value is -2.10. The van der Waals surface area contributed by atoms with Gasteiger partial charge in [-0.3, -0.25) is 4.90 Å². The van der Waals surface area contributed by atoms with Gasteiger partial charge in [-0.25, -0.2) is 13.8 Å². The molecule has 0 saturated carbocycles. The fourth-order valence-corrected chi connectivity index (χ4v) is 4.24. The SMILES string of the molecule is Cc1nc2sc(C(c3ccc(F)c(F)c3)N3CCOCC3)c(O)n2n1. The van der Waals surface area contributed by atoms with Crippen molar-refractivity contribution in [2.24, 2.45) is 0 Å². The summed E-state index contributed by atoms with van der Waals surface area (Å²) < 4.78 is 33.9. The molecule has 0 aliphatic carbocycles. The fourth-order valence-electron chi connectivity index (χ4n) is 3.07. The Labute approximate surface area is 146 Å². The van der Waals surface area contributed by atoms with Crippen LogP contribution in [0.5, 0.6) is 5.88 Å². The number of thiazole rings is 1. The van der Waals surface area contributed by atoms with E-state index in [-0.39, 0.29) is 5.88 Å². The third kappa shape index (κ3) is 2.88. The van der Waals surface area contributed by atoms with E-state index in [1.165, 1.54) is 21.9 Å². The maximum Gasteiger partial charge on any atom is 0.230 e. The molecule has 0 spiro atoms. The molecule has 6 nitrogen and oxygen atoms in total. The van der Waals surface area contributed by atoms with Crippen molar-refractivity contribution in [1.29, 1.82) is 0 Å². The highest BCUT2D eigenvalue weighted by molar-refractivity contribution is 7.17. The van der Waals surface area contributed by atoms with E-state index < -0.39 is 17.7 Å². The third-order valence-electron chi connectivity index (χ3n) is 4.22. The first kappa shape index (κ1) is 16.4. The number of ether oxygens (including phenoxy) is 1. The number of nitrogens with zero attached hydrogens (tertiary/aromatic N) is 4. The average Bonchev–Trinajstić information content (AvgIpc) is 3.10. The molecule has 9 heteroatoms. The van der Waals surface area contributed by atoms with Gasteiger partial charge in [-0.15, -0.1) is 5.10 Å². The number of aryl methyl sites for hydroxylation is 1. The Kier molecular flexibility index (Phi) is 4.14. The van der Waals surface area contributed by atoms with Crippen molar-refractivity contribution in [1.82, 2.24) is 19.5 Å². The van der Waals surface area contributed by atoms with E-state index in [1.54, 1.807) is 13.0 Å². The molecule has 25 heavy (non-hydrogen) atoms. The number of morpholine rings is 1. The normalized spacial score (nSPS) is 17.2. The summed E-state index contributed by atoms with van der Waals surface area (Å²) in [7, 11) is 0. The van der Waals surface area contributed by atoms with Crippen molar-refractivity contribution in [3.63, 3.8) is 0 Å². The summed E-state index contributed by atoms with van der Waals surface area (Å²) in [5.41, 5.74) is 0.567. The summed E-state index contributed by atoms with van der Waals surface area (Å²) in [5.74, 6) is -1.27. The Morgan fingerprint density at radius 3 is 2.68 bits per heavy atom. The Balaban J connectivity index is 1.84. The summed E-state index contributed by atoms with van der Waals surface area (Å²) in [4.78, 5) is 7.52. The monoisotopic (exact) mass is 366 g/mol. The number of hydrogen-bond acceptors (Lipinski definition) is 6. The zero-order chi connectivity index (χ0) is 17.6. The molecule has 0 bridgehead atoms. The smallest absolute Gasteiger partial charge is 0.230 e. The topological polar surface area (TPSA) is 62.9 Å². The molecule has 3 aromatic rings. The molecule has 1 aliphatic rings. The van der Waals surface area contributed by atoms with Gasteiger partial charge in [0.1, 0.15) is 5.82 Å². The lowest BCUT2D eigenvalue weighted by Gasteiger charge is -2.34.